The third-order valence-electron chi connectivity index (χ3n) is 6.39. The fourth-order valence-corrected chi connectivity index (χ4v) is 4.50. The second-order valence-corrected chi connectivity index (χ2v) is 8.93. The Labute approximate surface area is 218 Å². The number of para-hydroxylation sites is 1. The van der Waals surface area contributed by atoms with Crippen LogP contribution in [0.4, 0.5) is 0 Å². The molecule has 4 rings (SSSR count). The van der Waals surface area contributed by atoms with E-state index in [0.29, 0.717) is 5.75 Å². The normalized spacial score (nSPS) is 11.7. The fraction of sp³-hybridized carbons (Fsp3) is 0.250. The predicted octanol–water partition coefficient (Wildman–Crippen LogP) is 7.98. The smallest absolute Gasteiger partial charge is 0.335 e. The van der Waals surface area contributed by atoms with Gasteiger partial charge in [-0.05, 0) is 65.4 Å². The summed E-state index contributed by atoms with van der Waals surface area (Å²) >= 11 is 0. The number of rotatable bonds is 12. The molecule has 0 radical (unpaired) electrons. The number of aromatic nitrogens is 2. The highest BCUT2D eigenvalue weighted by molar-refractivity contribution is 6.02. The van der Waals surface area contributed by atoms with Crippen LogP contribution in [0.3, 0.4) is 0 Å². The number of fused-ring (bicyclic) bond motifs is 1. The number of hydrogen-bond acceptors (Lipinski definition) is 4. The van der Waals surface area contributed by atoms with Crippen LogP contribution >= 0.6 is 0 Å². The van der Waals surface area contributed by atoms with Gasteiger partial charge in [-0.3, -0.25) is 5.10 Å². The molecule has 0 fully saturated rings. The van der Waals surface area contributed by atoms with Crippen molar-refractivity contribution in [2.45, 2.75) is 46.0 Å². The van der Waals surface area contributed by atoms with E-state index in [-0.39, 0.29) is 0 Å². The second kappa shape index (κ2) is 12.7. The molecule has 37 heavy (non-hydrogen) atoms. The molecule has 0 aliphatic heterocycles. The summed E-state index contributed by atoms with van der Waals surface area (Å²) in [4.78, 5) is 12.1. The monoisotopic (exact) mass is 494 g/mol. The van der Waals surface area contributed by atoms with Gasteiger partial charge in [0.1, 0.15) is 11.5 Å². The largest absolute Gasteiger partial charge is 0.494 e. The van der Waals surface area contributed by atoms with E-state index < -0.39 is 5.97 Å². The van der Waals surface area contributed by atoms with E-state index in [2.05, 4.69) is 54.9 Å². The van der Waals surface area contributed by atoms with Gasteiger partial charge in [0, 0.05) is 17.0 Å². The van der Waals surface area contributed by atoms with Crippen molar-refractivity contribution in [2.75, 3.05) is 6.61 Å². The Kier molecular flexibility index (Phi) is 8.93. The number of hydrogen-bond donors (Lipinski definition) is 1. The van der Waals surface area contributed by atoms with Crippen LogP contribution in [0.5, 0.6) is 11.5 Å². The summed E-state index contributed by atoms with van der Waals surface area (Å²) in [5.74, 6) is 0.876. The average Bonchev–Trinajstić information content (AvgIpc) is 3.40. The number of nitrogens with one attached hydrogen (secondary N) is 1. The molecule has 0 aliphatic rings. The van der Waals surface area contributed by atoms with E-state index in [9.17, 15) is 4.79 Å². The van der Waals surface area contributed by atoms with Gasteiger partial charge >= 0.3 is 5.97 Å². The van der Waals surface area contributed by atoms with Crippen LogP contribution in [0, 0.1) is 0 Å². The third-order valence-corrected chi connectivity index (χ3v) is 6.39. The molecule has 0 aliphatic carbocycles. The lowest BCUT2D eigenvalue weighted by Gasteiger charge is -2.19. The molecular formula is C32H34N2O3. The van der Waals surface area contributed by atoms with Crippen molar-refractivity contribution >= 4 is 28.0 Å². The van der Waals surface area contributed by atoms with E-state index >= 15 is 0 Å². The molecule has 0 spiro atoms. The highest BCUT2D eigenvalue weighted by atomic mass is 16.5. The molecule has 1 heterocycles. The summed E-state index contributed by atoms with van der Waals surface area (Å²) in [6.45, 7) is 8.63. The first-order valence-electron chi connectivity index (χ1n) is 13.0. The van der Waals surface area contributed by atoms with Gasteiger partial charge in [0.25, 0.3) is 0 Å². The highest BCUT2D eigenvalue weighted by Crippen LogP contribution is 2.39. The van der Waals surface area contributed by atoms with Gasteiger partial charge in [0.2, 0.25) is 0 Å². The molecular weight excluding hydrogens is 460 g/mol. The lowest BCUT2D eigenvalue weighted by Crippen LogP contribution is -2.06. The molecule has 1 aromatic heterocycles. The Morgan fingerprint density at radius 1 is 0.973 bits per heavy atom. The summed E-state index contributed by atoms with van der Waals surface area (Å²) in [7, 11) is 0. The van der Waals surface area contributed by atoms with Crippen molar-refractivity contribution in [3.63, 3.8) is 0 Å². The molecule has 0 atom stereocenters. The van der Waals surface area contributed by atoms with Gasteiger partial charge in [-0.15, -0.1) is 0 Å². The maximum absolute atomic E-state index is 12.1. The van der Waals surface area contributed by atoms with Crippen LogP contribution < -0.4 is 9.47 Å². The molecule has 1 N–H and O–H groups in total. The Hall–Kier alpha value is -4.12. The van der Waals surface area contributed by atoms with Gasteiger partial charge < -0.3 is 9.47 Å². The summed E-state index contributed by atoms with van der Waals surface area (Å²) in [5.41, 5.74) is 6.06. The van der Waals surface area contributed by atoms with Gasteiger partial charge in [-0.1, -0.05) is 76.1 Å². The third kappa shape index (κ3) is 6.36. The number of benzene rings is 3. The highest BCUT2D eigenvalue weighted by Gasteiger charge is 2.18. The van der Waals surface area contributed by atoms with E-state index in [1.807, 2.05) is 48.7 Å². The number of allylic oxidation sites excluding steroid dienone is 1. The predicted molar refractivity (Wildman–Crippen MR) is 151 cm³/mol. The van der Waals surface area contributed by atoms with Crippen molar-refractivity contribution in [1.82, 2.24) is 10.2 Å². The zero-order valence-corrected chi connectivity index (χ0v) is 21.6. The maximum atomic E-state index is 12.1. The number of carbonyl (C=O) groups is 1. The van der Waals surface area contributed by atoms with Crippen LogP contribution in [0.2, 0.25) is 0 Å². The van der Waals surface area contributed by atoms with E-state index in [1.54, 1.807) is 0 Å². The SMILES string of the molecule is C=CC(=O)Oc1ccccc1/C(=C(\CC)c1ccc(OCCCCCC)cc1)c1ccc2[nH]ncc2c1. The van der Waals surface area contributed by atoms with Crippen molar-refractivity contribution in [2.24, 2.45) is 0 Å². The lowest BCUT2D eigenvalue weighted by molar-refractivity contribution is -0.128. The number of aromatic amines is 1. The van der Waals surface area contributed by atoms with E-state index in [0.717, 1.165) is 63.9 Å². The van der Waals surface area contributed by atoms with Gasteiger partial charge in [-0.25, -0.2) is 4.79 Å². The average molecular weight is 495 g/mol. The molecule has 5 nitrogen and oxygen atoms in total. The first-order valence-corrected chi connectivity index (χ1v) is 13.0. The number of carbonyl (C=O) groups excluding carboxylic acids is 1. The van der Waals surface area contributed by atoms with Crippen LogP contribution in [-0.4, -0.2) is 22.8 Å². The number of H-pyrrole nitrogens is 1. The molecule has 0 unspecified atom stereocenters. The molecule has 0 saturated heterocycles. The van der Waals surface area contributed by atoms with Crippen molar-refractivity contribution in [1.29, 1.82) is 0 Å². The van der Waals surface area contributed by atoms with Gasteiger partial charge in [0.05, 0.1) is 18.3 Å². The van der Waals surface area contributed by atoms with Crippen molar-refractivity contribution in [3.8, 4) is 11.5 Å². The van der Waals surface area contributed by atoms with Crippen LogP contribution in [0.25, 0.3) is 22.0 Å². The summed E-state index contributed by atoms with van der Waals surface area (Å²) in [6.07, 6.45) is 8.49. The summed E-state index contributed by atoms with van der Waals surface area (Å²) in [5, 5.41) is 8.21. The van der Waals surface area contributed by atoms with Crippen molar-refractivity contribution in [3.05, 3.63) is 102 Å². The number of nitrogens with zero attached hydrogens (tertiary/aromatic N) is 1. The molecule has 3 aromatic carbocycles. The molecule has 190 valence electrons. The first-order chi connectivity index (χ1) is 18.1. The van der Waals surface area contributed by atoms with E-state index in [4.69, 9.17) is 9.47 Å². The lowest BCUT2D eigenvalue weighted by atomic mass is 9.87. The second-order valence-electron chi connectivity index (χ2n) is 8.93. The number of ether oxygens (including phenoxy) is 2. The Morgan fingerprint density at radius 2 is 1.76 bits per heavy atom. The van der Waals surface area contributed by atoms with Gasteiger partial charge in [-0.2, -0.15) is 5.10 Å². The minimum Gasteiger partial charge on any atom is -0.494 e. The molecule has 0 amide bonds. The number of esters is 1. The van der Waals surface area contributed by atoms with Crippen LogP contribution in [0.15, 0.2) is 85.6 Å². The summed E-state index contributed by atoms with van der Waals surface area (Å²) in [6, 6.07) is 22.1. The molecule has 4 aromatic rings. The minimum atomic E-state index is -0.490. The minimum absolute atomic E-state index is 0.490. The zero-order valence-electron chi connectivity index (χ0n) is 21.6. The quantitative estimate of drug-likeness (QED) is 0.0713. The standard InChI is InChI=1S/C32H34N2O3/c1-4-7-8-11-20-36-26-17-14-23(15-18-26)27(5-2)32(24-16-19-29-25(21-24)22-33-34-29)28-12-9-10-13-30(28)37-31(35)6-3/h6,9-10,12-19,21-22H,3-5,7-8,11,20H2,1-2H3,(H,33,34)/b32-27+. The molecule has 0 saturated carbocycles. The Morgan fingerprint density at radius 3 is 2.51 bits per heavy atom. The zero-order chi connectivity index (χ0) is 26.0. The first kappa shape index (κ1) is 26.0. The van der Waals surface area contributed by atoms with Gasteiger partial charge in [0.15, 0.2) is 0 Å². The van der Waals surface area contributed by atoms with Crippen molar-refractivity contribution < 1.29 is 14.3 Å². The summed E-state index contributed by atoms with van der Waals surface area (Å²) < 4.78 is 11.6. The van der Waals surface area contributed by atoms with Crippen LogP contribution in [0.1, 0.15) is 62.6 Å². The Balaban J connectivity index is 1.78. The Bertz CT molecular complexity index is 1380. The molecule has 5 heteroatoms. The molecule has 0 bridgehead atoms. The number of unbranched alkanes of at least 4 members (excludes halogenated alkanes) is 3. The topological polar surface area (TPSA) is 64.2 Å². The maximum Gasteiger partial charge on any atom is 0.335 e. The van der Waals surface area contributed by atoms with Crippen LogP contribution in [-0.2, 0) is 4.79 Å². The fourth-order valence-electron chi connectivity index (χ4n) is 4.50. The van der Waals surface area contributed by atoms with E-state index in [1.165, 1.54) is 25.3 Å².